The Bertz CT molecular complexity index is 287. The molecule has 1 N–H and O–H groups in total. The average Bonchev–Trinajstić information content (AvgIpc) is 2.33. The number of hydrogen-bond donors (Lipinski definition) is 1. The summed E-state index contributed by atoms with van der Waals surface area (Å²) in [5, 5.41) is 10.3. The van der Waals surface area contributed by atoms with Crippen LogP contribution in [0.2, 0.25) is 0 Å². The topological polar surface area (TPSA) is 41.6 Å². The molecule has 4 heteroatoms. The molecule has 10 heavy (non-hydrogen) atoms. The van der Waals surface area contributed by atoms with E-state index in [1.54, 1.807) is 0 Å². The Morgan fingerprint density at radius 2 is 1.50 bits per heavy atom. The molecule has 0 amide bonds. The summed E-state index contributed by atoms with van der Waals surface area (Å²) in [5.41, 5.74) is 1.83. The monoisotopic (exact) mass is 142 g/mol. The summed E-state index contributed by atoms with van der Waals surface area (Å²) in [4.78, 5) is 0. The molecule has 1 aromatic carbocycles. The van der Waals surface area contributed by atoms with Crippen molar-refractivity contribution < 1.29 is 0 Å². The molecule has 1 aromatic heterocycles. The van der Waals surface area contributed by atoms with Crippen molar-refractivity contribution in [3.63, 3.8) is 0 Å². The molecule has 0 aliphatic carbocycles. The van der Waals surface area contributed by atoms with Crippen LogP contribution in [-0.4, -0.2) is 45.0 Å². The van der Waals surface area contributed by atoms with Crippen LogP contribution in [0.1, 0.15) is 0 Å². The number of aromatic nitrogens is 3. The van der Waals surface area contributed by atoms with E-state index in [0.717, 1.165) is 11.0 Å². The quantitative estimate of drug-likeness (QED) is 0.546. The molecule has 2 rings (SSSR count). The maximum Gasteiger partial charge on any atom is 0.112 e. The first kappa shape index (κ1) is 7.72. The zero-order chi connectivity index (χ0) is 6.10. The second kappa shape index (κ2) is 3.14. The van der Waals surface area contributed by atoms with Gasteiger partial charge >= 0.3 is 0 Å². The SMILES string of the molecule is [Na].c1ccc2n[nH]nc2c1. The number of nitrogens with one attached hydrogen (secondary N) is 1. The van der Waals surface area contributed by atoms with Crippen molar-refractivity contribution in [1.82, 2.24) is 15.4 Å². The first-order valence-electron chi connectivity index (χ1n) is 2.72. The van der Waals surface area contributed by atoms with Crippen molar-refractivity contribution in [2.24, 2.45) is 0 Å². The Balaban J connectivity index is 0.000000500. The van der Waals surface area contributed by atoms with Crippen molar-refractivity contribution in [2.45, 2.75) is 0 Å². The van der Waals surface area contributed by atoms with E-state index in [-0.39, 0.29) is 29.6 Å². The molecule has 0 bridgehead atoms. The van der Waals surface area contributed by atoms with Gasteiger partial charge in [0.15, 0.2) is 0 Å². The van der Waals surface area contributed by atoms with Crippen molar-refractivity contribution in [3.8, 4) is 0 Å². The predicted molar refractivity (Wildman–Crippen MR) is 39.6 cm³/mol. The summed E-state index contributed by atoms with van der Waals surface area (Å²) in [6, 6.07) is 7.70. The van der Waals surface area contributed by atoms with Crippen LogP contribution in [0.5, 0.6) is 0 Å². The maximum atomic E-state index is 3.88. The third-order valence-corrected chi connectivity index (χ3v) is 1.22. The Hall–Kier alpha value is -0.380. The number of benzene rings is 1. The average molecular weight is 142 g/mol. The van der Waals surface area contributed by atoms with Gasteiger partial charge < -0.3 is 0 Å². The molecular weight excluding hydrogens is 137 g/mol. The van der Waals surface area contributed by atoms with Gasteiger partial charge in [0, 0.05) is 29.6 Å². The van der Waals surface area contributed by atoms with Gasteiger partial charge in [-0.05, 0) is 12.1 Å². The van der Waals surface area contributed by atoms with Gasteiger partial charge in [-0.2, -0.15) is 15.4 Å². The van der Waals surface area contributed by atoms with Crippen molar-refractivity contribution in [1.29, 1.82) is 0 Å². The van der Waals surface area contributed by atoms with E-state index in [4.69, 9.17) is 0 Å². The van der Waals surface area contributed by atoms with Gasteiger partial charge in [0.05, 0.1) is 0 Å². The minimum atomic E-state index is 0. The molecule has 0 aliphatic rings. The summed E-state index contributed by atoms with van der Waals surface area (Å²) < 4.78 is 0. The molecule has 0 fully saturated rings. The van der Waals surface area contributed by atoms with E-state index in [0.29, 0.717) is 0 Å². The van der Waals surface area contributed by atoms with E-state index in [1.807, 2.05) is 24.3 Å². The van der Waals surface area contributed by atoms with Gasteiger partial charge in [0.2, 0.25) is 0 Å². The number of H-pyrrole nitrogens is 1. The van der Waals surface area contributed by atoms with Gasteiger partial charge in [0.25, 0.3) is 0 Å². The Morgan fingerprint density at radius 3 is 2.00 bits per heavy atom. The molecule has 3 nitrogen and oxygen atoms in total. The number of hydrogen-bond acceptors (Lipinski definition) is 2. The Morgan fingerprint density at radius 1 is 1.00 bits per heavy atom. The maximum absolute atomic E-state index is 3.88. The fourth-order valence-corrected chi connectivity index (χ4v) is 0.786. The van der Waals surface area contributed by atoms with Crippen LogP contribution in [0.15, 0.2) is 24.3 Å². The van der Waals surface area contributed by atoms with Gasteiger partial charge in [-0.15, -0.1) is 0 Å². The molecule has 0 saturated heterocycles. The zero-order valence-electron chi connectivity index (χ0n) is 5.70. The predicted octanol–water partition coefficient (Wildman–Crippen LogP) is 0.577. The Kier molecular flexibility index (Phi) is 2.43. The third kappa shape index (κ3) is 1.21. The normalized spacial score (nSPS) is 9.20. The van der Waals surface area contributed by atoms with Crippen molar-refractivity contribution >= 4 is 40.6 Å². The summed E-state index contributed by atoms with van der Waals surface area (Å²) in [5.74, 6) is 0. The zero-order valence-corrected chi connectivity index (χ0v) is 7.70. The molecule has 1 heterocycles. The third-order valence-electron chi connectivity index (χ3n) is 1.22. The molecule has 0 saturated carbocycles. The van der Waals surface area contributed by atoms with Gasteiger partial charge in [0.1, 0.15) is 11.0 Å². The minimum absolute atomic E-state index is 0. The second-order valence-corrected chi connectivity index (χ2v) is 1.81. The summed E-state index contributed by atoms with van der Waals surface area (Å²) in [6.45, 7) is 0. The van der Waals surface area contributed by atoms with E-state index in [9.17, 15) is 0 Å². The molecule has 0 aliphatic heterocycles. The first-order valence-corrected chi connectivity index (χ1v) is 2.72. The number of fused-ring (bicyclic) bond motifs is 1. The van der Waals surface area contributed by atoms with E-state index < -0.39 is 0 Å². The fourth-order valence-electron chi connectivity index (χ4n) is 0.786. The van der Waals surface area contributed by atoms with Crippen LogP contribution < -0.4 is 0 Å². The van der Waals surface area contributed by atoms with E-state index in [1.165, 1.54) is 0 Å². The summed E-state index contributed by atoms with van der Waals surface area (Å²) in [6.07, 6.45) is 0. The standard InChI is InChI=1S/C6H5N3.Na/c1-2-4-6-5(3-1)7-9-8-6;/h1-4H,(H,7,8,9);. The fraction of sp³-hybridized carbons (Fsp3) is 0. The van der Waals surface area contributed by atoms with Gasteiger partial charge in [-0.3, -0.25) is 0 Å². The number of aromatic amines is 1. The number of nitrogens with zero attached hydrogens (tertiary/aromatic N) is 2. The smallest absolute Gasteiger partial charge is 0.112 e. The van der Waals surface area contributed by atoms with E-state index >= 15 is 0 Å². The molecule has 0 unspecified atom stereocenters. The van der Waals surface area contributed by atoms with Crippen LogP contribution in [0, 0.1) is 0 Å². The molecule has 1 radical (unpaired) electrons. The molecular formula is C6H5N3Na. The molecule has 0 atom stereocenters. The molecule has 0 spiro atoms. The number of rotatable bonds is 0. The number of para-hydroxylation sites is 2. The van der Waals surface area contributed by atoms with Crippen LogP contribution in [0.4, 0.5) is 0 Å². The molecule has 2 aromatic rings. The van der Waals surface area contributed by atoms with Crippen molar-refractivity contribution in [2.75, 3.05) is 0 Å². The first-order chi connectivity index (χ1) is 4.47. The summed E-state index contributed by atoms with van der Waals surface area (Å²) >= 11 is 0. The van der Waals surface area contributed by atoms with Crippen LogP contribution in [0.25, 0.3) is 11.0 Å². The second-order valence-electron chi connectivity index (χ2n) is 1.81. The minimum Gasteiger partial charge on any atom is -0.197 e. The molecule has 45 valence electrons. The summed E-state index contributed by atoms with van der Waals surface area (Å²) in [7, 11) is 0. The van der Waals surface area contributed by atoms with Crippen LogP contribution >= 0.6 is 0 Å². The van der Waals surface area contributed by atoms with E-state index in [2.05, 4.69) is 15.4 Å². The van der Waals surface area contributed by atoms with Crippen LogP contribution in [0.3, 0.4) is 0 Å². The van der Waals surface area contributed by atoms with Crippen LogP contribution in [-0.2, 0) is 0 Å². The largest absolute Gasteiger partial charge is 0.197 e. The van der Waals surface area contributed by atoms with Gasteiger partial charge in [-0.25, -0.2) is 0 Å². The Labute approximate surface area is 80.1 Å². The van der Waals surface area contributed by atoms with Gasteiger partial charge in [-0.1, -0.05) is 12.1 Å². The van der Waals surface area contributed by atoms with Crippen molar-refractivity contribution in [3.05, 3.63) is 24.3 Å².